The van der Waals surface area contributed by atoms with Gasteiger partial charge < -0.3 is 0 Å². The first-order valence-corrected chi connectivity index (χ1v) is 6.85. The molecule has 4 heteroatoms. The molecule has 0 spiro atoms. The highest BCUT2D eigenvalue weighted by Gasteiger charge is 2.22. The van der Waals surface area contributed by atoms with Crippen LogP contribution in [0.3, 0.4) is 0 Å². The van der Waals surface area contributed by atoms with E-state index < -0.39 is 0 Å². The summed E-state index contributed by atoms with van der Waals surface area (Å²) in [4.78, 5) is 12.1. The fourth-order valence-corrected chi connectivity index (χ4v) is 3.37. The summed E-state index contributed by atoms with van der Waals surface area (Å²) in [6, 6.07) is 2.01. The van der Waals surface area contributed by atoms with Gasteiger partial charge in [-0.3, -0.25) is 9.48 Å². The van der Waals surface area contributed by atoms with Crippen molar-refractivity contribution >= 4 is 17.5 Å². The van der Waals surface area contributed by atoms with E-state index in [0.717, 1.165) is 23.6 Å². The van der Waals surface area contributed by atoms with E-state index in [9.17, 15) is 4.79 Å². The van der Waals surface area contributed by atoms with Crippen LogP contribution < -0.4 is 0 Å². The number of Topliss-reactive ketones (excluding diaryl/α,β-unsaturated/α-hetero) is 1. The van der Waals surface area contributed by atoms with Crippen molar-refractivity contribution in [3.05, 3.63) is 17.5 Å². The largest absolute Gasteiger partial charge is 0.298 e. The number of ketones is 1. The minimum Gasteiger partial charge on any atom is -0.298 e. The molecule has 1 saturated heterocycles. The van der Waals surface area contributed by atoms with Crippen LogP contribution >= 0.6 is 11.8 Å². The van der Waals surface area contributed by atoms with Crippen LogP contribution in [0.5, 0.6) is 0 Å². The molecule has 1 aromatic rings. The Kier molecular flexibility index (Phi) is 3.69. The third kappa shape index (κ3) is 2.67. The Bertz CT molecular complexity index is 380. The lowest BCUT2D eigenvalue weighted by Gasteiger charge is -2.19. The summed E-state index contributed by atoms with van der Waals surface area (Å²) in [6.07, 6.45) is 4.06. The minimum atomic E-state index is 0.226. The fourth-order valence-electron chi connectivity index (χ4n) is 2.12. The number of aryl methyl sites for hydroxylation is 2. The molecule has 0 aromatic carbocycles. The molecule has 0 bridgehead atoms. The maximum Gasteiger partial charge on any atom is 0.151 e. The molecule has 0 aliphatic carbocycles. The smallest absolute Gasteiger partial charge is 0.151 e. The monoisotopic (exact) mass is 238 g/mol. The quantitative estimate of drug-likeness (QED) is 0.809. The van der Waals surface area contributed by atoms with Gasteiger partial charge in [-0.25, -0.2) is 0 Å². The van der Waals surface area contributed by atoms with E-state index in [1.807, 2.05) is 36.5 Å². The molecule has 0 radical (unpaired) electrons. The molecule has 1 atom stereocenters. The fraction of sp³-hybridized carbons (Fsp3) is 0.667. The molecule has 0 N–H and O–H groups in total. The van der Waals surface area contributed by atoms with Gasteiger partial charge in [-0.1, -0.05) is 6.42 Å². The van der Waals surface area contributed by atoms with E-state index in [1.165, 1.54) is 12.8 Å². The molecular weight excluding hydrogens is 220 g/mol. The van der Waals surface area contributed by atoms with Crippen molar-refractivity contribution in [1.29, 1.82) is 0 Å². The van der Waals surface area contributed by atoms with Crippen LogP contribution in [0.2, 0.25) is 0 Å². The Morgan fingerprint density at radius 2 is 2.44 bits per heavy atom. The Morgan fingerprint density at radius 1 is 1.62 bits per heavy atom. The van der Waals surface area contributed by atoms with Crippen LogP contribution in [0.25, 0.3) is 0 Å². The summed E-state index contributed by atoms with van der Waals surface area (Å²) >= 11 is 1.82. The number of hydrogen-bond acceptors (Lipinski definition) is 3. The first-order chi connectivity index (χ1) is 7.66. The molecule has 3 nitrogen and oxygen atoms in total. The average Bonchev–Trinajstić information content (AvgIpc) is 2.59. The van der Waals surface area contributed by atoms with Crippen molar-refractivity contribution in [2.75, 3.05) is 5.75 Å². The van der Waals surface area contributed by atoms with Crippen molar-refractivity contribution in [1.82, 2.24) is 9.78 Å². The topological polar surface area (TPSA) is 34.9 Å². The van der Waals surface area contributed by atoms with Crippen molar-refractivity contribution in [2.45, 2.75) is 37.9 Å². The average molecular weight is 238 g/mol. The first kappa shape index (κ1) is 11.7. The van der Waals surface area contributed by atoms with Gasteiger partial charge in [0.2, 0.25) is 0 Å². The molecule has 1 aliphatic heterocycles. The van der Waals surface area contributed by atoms with Crippen molar-refractivity contribution in [3.8, 4) is 0 Å². The normalized spacial score (nSPS) is 21.0. The predicted octanol–water partition coefficient (Wildman–Crippen LogP) is 2.13. The summed E-state index contributed by atoms with van der Waals surface area (Å²) in [6.45, 7) is 1.96. The number of nitrogens with zero attached hydrogens (tertiary/aromatic N) is 2. The van der Waals surface area contributed by atoms with E-state index in [-0.39, 0.29) is 5.25 Å². The maximum absolute atomic E-state index is 12.1. The lowest BCUT2D eigenvalue weighted by atomic mass is 10.1. The third-order valence-electron chi connectivity index (χ3n) is 2.99. The molecular formula is C12H18N2OS. The zero-order valence-electron chi connectivity index (χ0n) is 9.90. The zero-order chi connectivity index (χ0) is 11.5. The summed E-state index contributed by atoms with van der Waals surface area (Å²) in [5.74, 6) is 1.51. The second kappa shape index (κ2) is 5.04. The van der Waals surface area contributed by atoms with Crippen molar-refractivity contribution in [2.24, 2.45) is 7.05 Å². The van der Waals surface area contributed by atoms with Crippen molar-refractivity contribution in [3.63, 3.8) is 0 Å². The van der Waals surface area contributed by atoms with E-state index >= 15 is 0 Å². The van der Waals surface area contributed by atoms with Gasteiger partial charge in [0.05, 0.1) is 10.9 Å². The predicted molar refractivity (Wildman–Crippen MR) is 66.8 cm³/mol. The lowest BCUT2D eigenvalue weighted by Crippen LogP contribution is -2.23. The molecule has 1 fully saturated rings. The van der Waals surface area contributed by atoms with Crippen LogP contribution in [0.4, 0.5) is 0 Å². The maximum atomic E-state index is 12.1. The molecule has 1 aliphatic rings. The highest BCUT2D eigenvalue weighted by Crippen LogP contribution is 2.26. The van der Waals surface area contributed by atoms with Gasteiger partial charge in [0.25, 0.3) is 0 Å². The summed E-state index contributed by atoms with van der Waals surface area (Å²) < 4.78 is 1.82. The lowest BCUT2D eigenvalue weighted by molar-refractivity contribution is -0.118. The molecule has 16 heavy (non-hydrogen) atoms. The Labute approximate surface area is 101 Å². The number of aromatic nitrogens is 2. The Balaban J connectivity index is 1.98. The van der Waals surface area contributed by atoms with Gasteiger partial charge in [0, 0.05) is 19.2 Å². The summed E-state index contributed by atoms with van der Waals surface area (Å²) in [5, 5.41) is 4.49. The van der Waals surface area contributed by atoms with Crippen LogP contribution in [-0.2, 0) is 18.3 Å². The molecule has 2 heterocycles. The minimum absolute atomic E-state index is 0.226. The van der Waals surface area contributed by atoms with Gasteiger partial charge in [0.15, 0.2) is 5.78 Å². The van der Waals surface area contributed by atoms with Gasteiger partial charge in [-0.2, -0.15) is 16.9 Å². The zero-order valence-corrected chi connectivity index (χ0v) is 10.7. The van der Waals surface area contributed by atoms with Crippen LogP contribution in [-0.4, -0.2) is 26.6 Å². The Morgan fingerprint density at radius 3 is 3.00 bits per heavy atom. The van der Waals surface area contributed by atoms with Gasteiger partial charge in [-0.05, 0) is 31.6 Å². The standard InChI is InChI=1S/C12H18N2OS/c1-9-7-10(14(2)13-9)8-11(15)12-5-3-4-6-16-12/h7,12H,3-6,8H2,1-2H3. The van der Waals surface area contributed by atoms with E-state index in [1.54, 1.807) is 0 Å². The first-order valence-electron chi connectivity index (χ1n) is 5.80. The number of carbonyl (C=O) groups is 1. The molecule has 2 rings (SSSR count). The van der Waals surface area contributed by atoms with Gasteiger partial charge >= 0.3 is 0 Å². The number of hydrogen-bond donors (Lipinski definition) is 0. The van der Waals surface area contributed by atoms with Crippen LogP contribution in [0.15, 0.2) is 6.07 Å². The molecule has 0 amide bonds. The molecule has 1 aromatic heterocycles. The van der Waals surface area contributed by atoms with Crippen LogP contribution in [0.1, 0.15) is 30.7 Å². The number of thioether (sulfide) groups is 1. The van der Waals surface area contributed by atoms with Crippen LogP contribution in [0, 0.1) is 6.92 Å². The van der Waals surface area contributed by atoms with E-state index in [2.05, 4.69) is 5.10 Å². The SMILES string of the molecule is Cc1cc(CC(=O)C2CCCCS2)n(C)n1. The molecule has 88 valence electrons. The second-order valence-corrected chi connectivity index (χ2v) is 5.71. The molecule has 1 unspecified atom stereocenters. The molecule has 0 saturated carbocycles. The highest BCUT2D eigenvalue weighted by atomic mass is 32.2. The summed E-state index contributed by atoms with van der Waals surface area (Å²) in [5.41, 5.74) is 2.02. The Hall–Kier alpha value is -0.770. The third-order valence-corrected chi connectivity index (χ3v) is 4.42. The number of carbonyl (C=O) groups excluding carboxylic acids is 1. The van der Waals surface area contributed by atoms with Crippen molar-refractivity contribution < 1.29 is 4.79 Å². The summed E-state index contributed by atoms with van der Waals surface area (Å²) in [7, 11) is 1.91. The highest BCUT2D eigenvalue weighted by molar-refractivity contribution is 8.00. The van der Waals surface area contributed by atoms with Gasteiger partial charge in [-0.15, -0.1) is 0 Å². The second-order valence-electron chi connectivity index (χ2n) is 4.40. The van der Waals surface area contributed by atoms with E-state index in [0.29, 0.717) is 12.2 Å². The van der Waals surface area contributed by atoms with Gasteiger partial charge in [0.1, 0.15) is 0 Å². The van der Waals surface area contributed by atoms with E-state index in [4.69, 9.17) is 0 Å². The number of rotatable bonds is 3.